The topological polar surface area (TPSA) is 51.0 Å². The van der Waals surface area contributed by atoms with E-state index in [1.165, 1.54) is 0 Å². The van der Waals surface area contributed by atoms with E-state index < -0.39 is 0 Å². The third-order valence-corrected chi connectivity index (χ3v) is 1.95. The van der Waals surface area contributed by atoms with Crippen molar-refractivity contribution in [2.24, 2.45) is 0 Å². The first-order valence-electron chi connectivity index (χ1n) is 3.86. The van der Waals surface area contributed by atoms with Crippen molar-refractivity contribution in [1.29, 1.82) is 0 Å². The second-order valence-electron chi connectivity index (χ2n) is 2.94. The van der Waals surface area contributed by atoms with Crippen LogP contribution in [0.25, 0.3) is 0 Å². The van der Waals surface area contributed by atoms with Gasteiger partial charge in [-0.25, -0.2) is 0 Å². The number of carbonyl (C=O) groups is 1. The van der Waals surface area contributed by atoms with Crippen LogP contribution in [-0.2, 0) is 0 Å². The van der Waals surface area contributed by atoms with Crippen LogP contribution in [0.3, 0.4) is 0 Å². The van der Waals surface area contributed by atoms with E-state index in [-0.39, 0.29) is 5.91 Å². The summed E-state index contributed by atoms with van der Waals surface area (Å²) in [5, 5.41) is 5.66. The summed E-state index contributed by atoms with van der Waals surface area (Å²) in [4.78, 5) is 11.3. The number of aryl methyl sites for hydroxylation is 1. The smallest absolute Gasteiger partial charge is 0.253 e. The highest BCUT2D eigenvalue weighted by Crippen LogP contribution is 2.42. The van der Waals surface area contributed by atoms with E-state index >= 15 is 0 Å². The number of nitrogens with one attached hydrogen (secondary N) is 2. The van der Waals surface area contributed by atoms with Crippen LogP contribution < -0.4 is 10.6 Å². The molecule has 0 saturated heterocycles. The lowest BCUT2D eigenvalue weighted by molar-refractivity contribution is 0.0964. The lowest BCUT2D eigenvalue weighted by Gasteiger charge is -1.97. The Labute approximate surface area is 70.8 Å². The van der Waals surface area contributed by atoms with Gasteiger partial charge in [-0.05, 0) is 24.6 Å². The Hall–Kier alpha value is -1.51. The van der Waals surface area contributed by atoms with Crippen LogP contribution >= 0.6 is 0 Å². The van der Waals surface area contributed by atoms with Crippen molar-refractivity contribution in [1.82, 2.24) is 5.32 Å². The molecule has 1 aromatic carbocycles. The van der Waals surface area contributed by atoms with Gasteiger partial charge in [-0.15, -0.1) is 0 Å². The molecule has 2 rings (SSSR count). The Morgan fingerprint density at radius 1 is 1.50 bits per heavy atom. The van der Waals surface area contributed by atoms with Crippen LogP contribution in [0.2, 0.25) is 0 Å². The fourth-order valence-electron chi connectivity index (χ4n) is 1.31. The predicted octanol–water partition coefficient (Wildman–Crippen LogP) is 1.41. The minimum atomic E-state index is -0.0278. The van der Waals surface area contributed by atoms with E-state index in [2.05, 4.69) is 10.6 Å². The Bertz CT molecular complexity index is 357. The monoisotopic (exact) mass is 162 g/mol. The molecule has 0 saturated carbocycles. The second-order valence-corrected chi connectivity index (χ2v) is 2.94. The number of fused-ring (bicyclic) bond motifs is 1. The molecule has 1 aliphatic rings. The Morgan fingerprint density at radius 3 is 2.92 bits per heavy atom. The molecule has 3 heteroatoms. The molecule has 3 nitrogen and oxygen atoms in total. The van der Waals surface area contributed by atoms with Crippen molar-refractivity contribution >= 4 is 17.3 Å². The number of carbonyl (C=O) groups excluding carboxylic acids is 1. The zero-order valence-corrected chi connectivity index (χ0v) is 7.06. The zero-order valence-electron chi connectivity index (χ0n) is 7.06. The summed E-state index contributed by atoms with van der Waals surface area (Å²) in [6, 6.07) is 3.92. The van der Waals surface area contributed by atoms with Crippen LogP contribution in [-0.4, -0.2) is 13.0 Å². The molecule has 0 aliphatic carbocycles. The van der Waals surface area contributed by atoms with Gasteiger partial charge in [0, 0.05) is 7.05 Å². The number of rotatable bonds is 1. The molecule has 0 radical (unpaired) electrons. The molecule has 0 unspecified atom stereocenters. The molecule has 0 bridgehead atoms. The van der Waals surface area contributed by atoms with Gasteiger partial charge in [0.05, 0.1) is 16.9 Å². The number of anilines is 2. The maximum absolute atomic E-state index is 11.3. The Morgan fingerprint density at radius 2 is 2.25 bits per heavy atom. The predicted molar refractivity (Wildman–Crippen MR) is 47.9 cm³/mol. The summed E-state index contributed by atoms with van der Waals surface area (Å²) >= 11 is 0. The first kappa shape index (κ1) is 7.16. The maximum Gasteiger partial charge on any atom is 0.253 e. The van der Waals surface area contributed by atoms with E-state index in [0.717, 1.165) is 22.5 Å². The summed E-state index contributed by atoms with van der Waals surface area (Å²) in [5.74, 6) is -0.0278. The van der Waals surface area contributed by atoms with Crippen LogP contribution in [0.4, 0.5) is 11.4 Å². The van der Waals surface area contributed by atoms with Gasteiger partial charge >= 0.3 is 0 Å². The van der Waals surface area contributed by atoms with Crippen molar-refractivity contribution in [3.05, 3.63) is 23.3 Å². The van der Waals surface area contributed by atoms with E-state index in [1.54, 1.807) is 7.05 Å². The molecule has 62 valence electrons. The normalized spacial score (nSPS) is 11.5. The summed E-state index contributed by atoms with van der Waals surface area (Å²) in [7, 11) is 1.64. The molecule has 0 aromatic heterocycles. The summed E-state index contributed by atoms with van der Waals surface area (Å²) in [6.45, 7) is 1.98. The quantitative estimate of drug-likeness (QED) is 0.623. The standard InChI is InChI=1S/C9H10N2O/c1-5-3-6(9(12)10-2)8-7(4-5)11-8/h3-4,11H,1-2H3,(H,10,12). The molecule has 1 heterocycles. The van der Waals surface area contributed by atoms with E-state index in [1.807, 2.05) is 19.1 Å². The first-order chi connectivity index (χ1) is 5.72. The second kappa shape index (κ2) is 2.24. The van der Waals surface area contributed by atoms with Gasteiger partial charge in [0.15, 0.2) is 0 Å². The third-order valence-electron chi connectivity index (χ3n) is 1.95. The van der Waals surface area contributed by atoms with E-state index in [4.69, 9.17) is 0 Å². The molecule has 0 spiro atoms. The van der Waals surface area contributed by atoms with E-state index in [0.29, 0.717) is 0 Å². The van der Waals surface area contributed by atoms with Gasteiger partial charge in [0.2, 0.25) is 0 Å². The van der Waals surface area contributed by atoms with Crippen molar-refractivity contribution in [3.63, 3.8) is 0 Å². The molecule has 12 heavy (non-hydrogen) atoms. The third kappa shape index (κ3) is 0.942. The zero-order chi connectivity index (χ0) is 8.72. The maximum atomic E-state index is 11.3. The average Bonchev–Trinajstić information content (AvgIpc) is 2.80. The molecule has 2 N–H and O–H groups in total. The average molecular weight is 162 g/mol. The van der Waals surface area contributed by atoms with Crippen molar-refractivity contribution in [2.45, 2.75) is 6.92 Å². The van der Waals surface area contributed by atoms with Crippen LogP contribution in [0.15, 0.2) is 12.1 Å². The largest absolute Gasteiger partial charge is 0.355 e. The van der Waals surface area contributed by atoms with Crippen molar-refractivity contribution in [3.8, 4) is 0 Å². The van der Waals surface area contributed by atoms with Crippen molar-refractivity contribution in [2.75, 3.05) is 12.4 Å². The van der Waals surface area contributed by atoms with Gasteiger partial charge < -0.3 is 10.6 Å². The molecular formula is C9H10N2O. The molecule has 1 aliphatic heterocycles. The number of benzene rings is 1. The fourth-order valence-corrected chi connectivity index (χ4v) is 1.31. The molecular weight excluding hydrogens is 152 g/mol. The SMILES string of the molecule is CNC(=O)c1cc(C)cc2c1N2. The Balaban J connectivity index is 2.47. The minimum Gasteiger partial charge on any atom is -0.355 e. The van der Waals surface area contributed by atoms with Gasteiger partial charge in [-0.1, -0.05) is 0 Å². The summed E-state index contributed by atoms with van der Waals surface area (Å²) < 4.78 is 0. The first-order valence-corrected chi connectivity index (χ1v) is 3.86. The van der Waals surface area contributed by atoms with Crippen molar-refractivity contribution < 1.29 is 4.79 Å². The number of hydrogen-bond acceptors (Lipinski definition) is 2. The highest BCUT2D eigenvalue weighted by Gasteiger charge is 2.23. The molecule has 0 atom stereocenters. The minimum absolute atomic E-state index is 0.0278. The highest BCUT2D eigenvalue weighted by atomic mass is 16.1. The molecule has 1 aromatic rings. The molecule has 0 fully saturated rings. The molecule has 1 amide bonds. The highest BCUT2D eigenvalue weighted by molar-refractivity contribution is 6.09. The van der Waals surface area contributed by atoms with Gasteiger partial charge in [-0.3, -0.25) is 4.79 Å². The van der Waals surface area contributed by atoms with Gasteiger partial charge in [-0.2, -0.15) is 0 Å². The van der Waals surface area contributed by atoms with E-state index in [9.17, 15) is 4.79 Å². The van der Waals surface area contributed by atoms with Crippen LogP contribution in [0, 0.1) is 6.92 Å². The van der Waals surface area contributed by atoms with Gasteiger partial charge in [0.1, 0.15) is 0 Å². The van der Waals surface area contributed by atoms with Gasteiger partial charge in [0.25, 0.3) is 5.91 Å². The number of hydrogen-bond donors (Lipinski definition) is 2. The lowest BCUT2D eigenvalue weighted by atomic mass is 10.1. The lowest BCUT2D eigenvalue weighted by Crippen LogP contribution is -2.17. The summed E-state index contributed by atoms with van der Waals surface area (Å²) in [6.07, 6.45) is 0. The van der Waals surface area contributed by atoms with Crippen LogP contribution in [0.1, 0.15) is 15.9 Å². The Kier molecular flexibility index (Phi) is 1.33. The van der Waals surface area contributed by atoms with Crippen LogP contribution in [0.5, 0.6) is 0 Å². The fraction of sp³-hybridized carbons (Fsp3) is 0.222. The number of amides is 1. The summed E-state index contributed by atoms with van der Waals surface area (Å²) in [5.41, 5.74) is 3.90.